The van der Waals surface area contributed by atoms with Gasteiger partial charge >= 0.3 is 0 Å². The second kappa shape index (κ2) is 8.84. The standard InChI is InChI=1S/C21H15ClN4O3S2/c22-16-8-4-5-9-19(16)31(28,29)26-17-12-23-11-10-15(17)20(27)25-21-24-18(13-30-21)14-6-2-1-3-7-14/h1-13,26H,(H,24,25,27). The molecule has 0 radical (unpaired) electrons. The molecule has 0 saturated carbocycles. The summed E-state index contributed by atoms with van der Waals surface area (Å²) in [6.07, 6.45) is 2.67. The van der Waals surface area contributed by atoms with Crippen LogP contribution in [0.2, 0.25) is 5.02 Å². The maximum atomic E-state index is 12.8. The number of benzene rings is 2. The zero-order chi connectivity index (χ0) is 21.8. The molecule has 0 spiro atoms. The van der Waals surface area contributed by atoms with E-state index >= 15 is 0 Å². The van der Waals surface area contributed by atoms with E-state index in [2.05, 4.69) is 20.0 Å². The molecule has 31 heavy (non-hydrogen) atoms. The van der Waals surface area contributed by atoms with Crippen molar-refractivity contribution < 1.29 is 13.2 Å². The van der Waals surface area contributed by atoms with Gasteiger partial charge in [-0.3, -0.25) is 19.8 Å². The van der Waals surface area contributed by atoms with Gasteiger partial charge in [0.2, 0.25) is 0 Å². The molecule has 4 aromatic rings. The Labute approximate surface area is 187 Å². The topological polar surface area (TPSA) is 101 Å². The second-order valence-electron chi connectivity index (χ2n) is 6.32. The van der Waals surface area contributed by atoms with E-state index in [9.17, 15) is 13.2 Å². The van der Waals surface area contributed by atoms with Gasteiger partial charge in [0.25, 0.3) is 15.9 Å². The number of sulfonamides is 1. The van der Waals surface area contributed by atoms with Gasteiger partial charge in [-0.05, 0) is 18.2 Å². The maximum absolute atomic E-state index is 12.8. The number of thiazole rings is 1. The summed E-state index contributed by atoms with van der Waals surface area (Å²) in [7, 11) is -4.02. The molecule has 0 aliphatic carbocycles. The van der Waals surface area contributed by atoms with E-state index in [-0.39, 0.29) is 21.2 Å². The first kappa shape index (κ1) is 21.0. The normalized spacial score (nSPS) is 11.1. The SMILES string of the molecule is O=C(Nc1nc(-c2ccccc2)cs1)c1ccncc1NS(=O)(=O)c1ccccc1Cl. The first-order valence-electron chi connectivity index (χ1n) is 8.98. The lowest BCUT2D eigenvalue weighted by Crippen LogP contribution is -2.19. The summed E-state index contributed by atoms with van der Waals surface area (Å²) in [5.74, 6) is -0.520. The van der Waals surface area contributed by atoms with Gasteiger partial charge in [-0.1, -0.05) is 54.1 Å². The molecule has 156 valence electrons. The smallest absolute Gasteiger partial charge is 0.263 e. The van der Waals surface area contributed by atoms with E-state index in [0.717, 1.165) is 11.3 Å². The molecule has 10 heteroatoms. The number of pyridine rings is 1. The van der Waals surface area contributed by atoms with Crippen molar-refractivity contribution in [1.82, 2.24) is 9.97 Å². The van der Waals surface area contributed by atoms with Crippen LogP contribution in [-0.2, 0) is 10.0 Å². The fraction of sp³-hybridized carbons (Fsp3) is 0. The third-order valence-corrected chi connectivity index (χ3v) is 6.85. The Kier molecular flexibility index (Phi) is 5.99. The van der Waals surface area contributed by atoms with Crippen molar-refractivity contribution in [2.45, 2.75) is 4.90 Å². The quantitative estimate of drug-likeness (QED) is 0.417. The Balaban J connectivity index is 1.57. The van der Waals surface area contributed by atoms with Gasteiger partial charge in [-0.15, -0.1) is 11.3 Å². The van der Waals surface area contributed by atoms with E-state index < -0.39 is 15.9 Å². The molecular formula is C21H15ClN4O3S2. The van der Waals surface area contributed by atoms with Gasteiger partial charge in [-0.2, -0.15) is 0 Å². The highest BCUT2D eigenvalue weighted by atomic mass is 35.5. The Morgan fingerprint density at radius 3 is 2.52 bits per heavy atom. The highest BCUT2D eigenvalue weighted by Crippen LogP contribution is 2.27. The van der Waals surface area contributed by atoms with Crippen LogP contribution in [0.5, 0.6) is 0 Å². The minimum absolute atomic E-state index is 0.0276. The first-order valence-corrected chi connectivity index (χ1v) is 11.7. The van der Waals surface area contributed by atoms with E-state index in [1.807, 2.05) is 35.7 Å². The number of nitrogens with one attached hydrogen (secondary N) is 2. The Morgan fingerprint density at radius 2 is 1.74 bits per heavy atom. The molecule has 0 atom stereocenters. The molecule has 0 unspecified atom stereocenters. The van der Waals surface area contributed by atoms with Crippen LogP contribution in [0, 0.1) is 0 Å². The third kappa shape index (κ3) is 4.74. The molecule has 2 aromatic heterocycles. The number of halogens is 1. The van der Waals surface area contributed by atoms with Gasteiger partial charge in [0.15, 0.2) is 5.13 Å². The number of carbonyl (C=O) groups is 1. The van der Waals surface area contributed by atoms with Crippen LogP contribution in [0.15, 0.2) is 83.3 Å². The lowest BCUT2D eigenvalue weighted by atomic mass is 10.2. The molecule has 0 saturated heterocycles. The zero-order valence-electron chi connectivity index (χ0n) is 15.8. The summed E-state index contributed by atoms with van der Waals surface area (Å²) in [5, 5.41) is 5.00. The molecule has 0 aliphatic rings. The predicted octanol–water partition coefficient (Wildman–Crippen LogP) is 4.91. The minimum Gasteiger partial charge on any atom is -0.298 e. The van der Waals surface area contributed by atoms with E-state index in [1.54, 1.807) is 12.1 Å². The predicted molar refractivity (Wildman–Crippen MR) is 122 cm³/mol. The van der Waals surface area contributed by atoms with Gasteiger partial charge in [-0.25, -0.2) is 13.4 Å². The molecule has 2 aromatic carbocycles. The van der Waals surface area contributed by atoms with Crippen molar-refractivity contribution in [2.24, 2.45) is 0 Å². The fourth-order valence-corrected chi connectivity index (χ4v) is 5.07. The van der Waals surface area contributed by atoms with Gasteiger partial charge in [0.05, 0.1) is 28.2 Å². The van der Waals surface area contributed by atoms with Crippen LogP contribution < -0.4 is 10.0 Å². The number of anilines is 2. The van der Waals surface area contributed by atoms with Crippen LogP contribution in [0.3, 0.4) is 0 Å². The minimum atomic E-state index is -4.02. The van der Waals surface area contributed by atoms with Crippen LogP contribution in [-0.4, -0.2) is 24.3 Å². The van der Waals surface area contributed by atoms with Crippen LogP contribution in [0.1, 0.15) is 10.4 Å². The Bertz CT molecular complexity index is 1340. The summed E-state index contributed by atoms with van der Waals surface area (Å²) in [6.45, 7) is 0. The van der Waals surface area contributed by atoms with Crippen molar-refractivity contribution in [3.8, 4) is 11.3 Å². The summed E-state index contributed by atoms with van der Waals surface area (Å²) in [5.41, 5.74) is 1.79. The van der Waals surface area contributed by atoms with Crippen molar-refractivity contribution in [2.75, 3.05) is 10.0 Å². The summed E-state index contributed by atoms with van der Waals surface area (Å²) in [6, 6.07) is 17.0. The van der Waals surface area contributed by atoms with Crippen LogP contribution in [0.25, 0.3) is 11.3 Å². The Hall–Kier alpha value is -3.27. The molecule has 0 bridgehead atoms. The third-order valence-electron chi connectivity index (χ3n) is 4.23. The van der Waals surface area contributed by atoms with Crippen molar-refractivity contribution in [1.29, 1.82) is 0 Å². The maximum Gasteiger partial charge on any atom is 0.263 e. The lowest BCUT2D eigenvalue weighted by molar-refractivity contribution is 0.102. The Morgan fingerprint density at radius 1 is 1.00 bits per heavy atom. The van der Waals surface area contributed by atoms with Gasteiger partial charge in [0, 0.05) is 17.1 Å². The highest BCUT2D eigenvalue weighted by Gasteiger charge is 2.21. The largest absolute Gasteiger partial charge is 0.298 e. The summed E-state index contributed by atoms with van der Waals surface area (Å²) >= 11 is 7.29. The zero-order valence-corrected chi connectivity index (χ0v) is 18.2. The molecule has 4 rings (SSSR count). The number of carbonyl (C=O) groups excluding carboxylic acids is 1. The lowest BCUT2D eigenvalue weighted by Gasteiger charge is -2.12. The van der Waals surface area contributed by atoms with Gasteiger partial charge < -0.3 is 0 Å². The fourth-order valence-electron chi connectivity index (χ4n) is 2.77. The molecule has 2 heterocycles. The average Bonchev–Trinajstić information content (AvgIpc) is 3.23. The molecular weight excluding hydrogens is 456 g/mol. The number of nitrogens with zero attached hydrogens (tertiary/aromatic N) is 2. The number of hydrogen-bond donors (Lipinski definition) is 2. The van der Waals surface area contributed by atoms with Crippen molar-refractivity contribution in [3.05, 3.63) is 89.0 Å². The van der Waals surface area contributed by atoms with Gasteiger partial charge in [0.1, 0.15) is 4.90 Å². The summed E-state index contributed by atoms with van der Waals surface area (Å²) in [4.78, 5) is 21.1. The summed E-state index contributed by atoms with van der Waals surface area (Å²) < 4.78 is 27.9. The number of rotatable bonds is 6. The van der Waals surface area contributed by atoms with Crippen LogP contribution >= 0.6 is 22.9 Å². The monoisotopic (exact) mass is 470 g/mol. The molecule has 2 N–H and O–H groups in total. The van der Waals surface area contributed by atoms with E-state index in [4.69, 9.17) is 11.6 Å². The van der Waals surface area contributed by atoms with Crippen LogP contribution in [0.4, 0.5) is 10.8 Å². The molecule has 0 fully saturated rings. The number of hydrogen-bond acceptors (Lipinski definition) is 6. The molecule has 1 amide bonds. The molecule has 7 nitrogen and oxygen atoms in total. The van der Waals surface area contributed by atoms with Crippen molar-refractivity contribution in [3.63, 3.8) is 0 Å². The van der Waals surface area contributed by atoms with E-state index in [1.165, 1.54) is 41.9 Å². The number of amides is 1. The number of aromatic nitrogens is 2. The second-order valence-corrected chi connectivity index (χ2v) is 9.23. The highest BCUT2D eigenvalue weighted by molar-refractivity contribution is 7.92. The average molecular weight is 471 g/mol. The van der Waals surface area contributed by atoms with Crippen molar-refractivity contribution >= 4 is 49.7 Å². The van der Waals surface area contributed by atoms with E-state index in [0.29, 0.717) is 5.13 Å². The first-order chi connectivity index (χ1) is 14.9. The molecule has 0 aliphatic heterocycles.